The van der Waals surface area contributed by atoms with Crippen LogP contribution in [0.15, 0.2) is 41.3 Å². The van der Waals surface area contributed by atoms with E-state index in [4.69, 9.17) is 4.74 Å². The summed E-state index contributed by atoms with van der Waals surface area (Å²) < 4.78 is 33.7. The average Bonchev–Trinajstić information content (AvgIpc) is 2.59. The van der Waals surface area contributed by atoms with Gasteiger partial charge in [0.05, 0.1) is 18.1 Å². The Balaban J connectivity index is 2.43. The van der Waals surface area contributed by atoms with Gasteiger partial charge < -0.3 is 9.84 Å². The summed E-state index contributed by atoms with van der Waals surface area (Å²) in [5.74, 6) is 0.687. The maximum absolute atomic E-state index is 12.7. The molecule has 0 aliphatic heterocycles. The van der Waals surface area contributed by atoms with E-state index in [1.165, 1.54) is 0 Å². The van der Waals surface area contributed by atoms with Gasteiger partial charge >= 0.3 is 0 Å². The third-order valence-electron chi connectivity index (χ3n) is 3.92. The van der Waals surface area contributed by atoms with E-state index in [2.05, 4.69) is 11.6 Å². The van der Waals surface area contributed by atoms with Gasteiger partial charge in [-0.3, -0.25) is 0 Å². The molecule has 0 fully saturated rings. The summed E-state index contributed by atoms with van der Waals surface area (Å²) in [5.41, 5.74) is 0. The zero-order chi connectivity index (χ0) is 17.6. The first-order valence-corrected chi connectivity index (χ1v) is 9.79. The lowest BCUT2D eigenvalue weighted by Gasteiger charge is -2.17. The molecule has 0 saturated carbocycles. The van der Waals surface area contributed by atoms with Gasteiger partial charge in [-0.2, -0.15) is 0 Å². The molecule has 0 radical (unpaired) electrons. The van der Waals surface area contributed by atoms with Gasteiger partial charge in [0.2, 0.25) is 10.0 Å². The SMILES string of the molecule is CCCCOc1ccc(S(=O)(=O)NC(CC)CO)c2ccccc12. The van der Waals surface area contributed by atoms with Crippen molar-refractivity contribution in [3.05, 3.63) is 36.4 Å². The smallest absolute Gasteiger partial charge is 0.241 e. The van der Waals surface area contributed by atoms with Crippen LogP contribution >= 0.6 is 0 Å². The van der Waals surface area contributed by atoms with E-state index in [9.17, 15) is 13.5 Å². The number of aliphatic hydroxyl groups is 1. The Morgan fingerprint density at radius 2 is 1.83 bits per heavy atom. The number of rotatable bonds is 9. The van der Waals surface area contributed by atoms with Crippen LogP contribution in [0.1, 0.15) is 33.1 Å². The number of benzene rings is 2. The number of nitrogens with one attached hydrogen (secondary N) is 1. The number of sulfonamides is 1. The number of hydrogen-bond donors (Lipinski definition) is 2. The molecule has 132 valence electrons. The van der Waals surface area contributed by atoms with E-state index < -0.39 is 16.1 Å². The van der Waals surface area contributed by atoms with Crippen molar-refractivity contribution in [2.24, 2.45) is 0 Å². The summed E-state index contributed by atoms with van der Waals surface area (Å²) in [4.78, 5) is 0.202. The number of unbranched alkanes of at least 4 members (excludes halogenated alkanes) is 1. The molecular formula is C18H25NO4S. The highest BCUT2D eigenvalue weighted by atomic mass is 32.2. The Hall–Kier alpha value is -1.63. The highest BCUT2D eigenvalue weighted by Crippen LogP contribution is 2.31. The predicted molar refractivity (Wildman–Crippen MR) is 95.8 cm³/mol. The van der Waals surface area contributed by atoms with Gasteiger partial charge in [0.1, 0.15) is 5.75 Å². The van der Waals surface area contributed by atoms with Crippen molar-refractivity contribution in [3.63, 3.8) is 0 Å². The van der Waals surface area contributed by atoms with Crippen molar-refractivity contribution in [2.75, 3.05) is 13.2 Å². The molecular weight excluding hydrogens is 326 g/mol. The fourth-order valence-corrected chi connectivity index (χ4v) is 3.98. The standard InChI is InChI=1S/C18H25NO4S/c1-3-5-12-23-17-10-11-18(16-9-7-6-8-15(16)17)24(21,22)19-14(4-2)13-20/h6-11,14,19-20H,3-5,12-13H2,1-2H3. The molecule has 2 rings (SSSR count). The predicted octanol–water partition coefficient (Wildman–Crippen LogP) is 3.07. The molecule has 1 unspecified atom stereocenters. The minimum absolute atomic E-state index is 0.202. The summed E-state index contributed by atoms with van der Waals surface area (Å²) in [6, 6.07) is 10.1. The van der Waals surface area contributed by atoms with Crippen LogP contribution in [0, 0.1) is 0 Å². The van der Waals surface area contributed by atoms with Crippen molar-refractivity contribution in [2.45, 2.75) is 44.0 Å². The van der Waals surface area contributed by atoms with Gasteiger partial charge in [0.25, 0.3) is 0 Å². The Labute approximate surface area is 143 Å². The molecule has 0 aliphatic carbocycles. The van der Waals surface area contributed by atoms with E-state index in [0.29, 0.717) is 24.2 Å². The van der Waals surface area contributed by atoms with Crippen molar-refractivity contribution >= 4 is 20.8 Å². The summed E-state index contributed by atoms with van der Waals surface area (Å²) in [6.07, 6.45) is 2.50. The lowest BCUT2D eigenvalue weighted by Crippen LogP contribution is -2.36. The molecule has 5 nitrogen and oxygen atoms in total. The van der Waals surface area contributed by atoms with Gasteiger partial charge in [0.15, 0.2) is 0 Å². The fraction of sp³-hybridized carbons (Fsp3) is 0.444. The lowest BCUT2D eigenvalue weighted by atomic mass is 10.1. The Morgan fingerprint density at radius 3 is 2.46 bits per heavy atom. The molecule has 2 aromatic carbocycles. The molecule has 0 amide bonds. The van der Waals surface area contributed by atoms with E-state index >= 15 is 0 Å². The topological polar surface area (TPSA) is 75.6 Å². The first kappa shape index (κ1) is 18.7. The first-order valence-electron chi connectivity index (χ1n) is 8.31. The van der Waals surface area contributed by atoms with E-state index in [1.54, 1.807) is 24.3 Å². The molecule has 1 atom stereocenters. The Morgan fingerprint density at radius 1 is 1.12 bits per heavy atom. The zero-order valence-corrected chi connectivity index (χ0v) is 15.0. The van der Waals surface area contributed by atoms with E-state index in [1.807, 2.05) is 19.1 Å². The van der Waals surface area contributed by atoms with E-state index in [0.717, 1.165) is 18.2 Å². The molecule has 0 aliphatic rings. The Kier molecular flexibility index (Phi) is 6.60. The third kappa shape index (κ3) is 4.26. The van der Waals surface area contributed by atoms with Gasteiger partial charge in [0, 0.05) is 16.8 Å². The second-order valence-electron chi connectivity index (χ2n) is 5.72. The monoisotopic (exact) mass is 351 g/mol. The number of hydrogen-bond acceptors (Lipinski definition) is 4. The van der Waals surface area contributed by atoms with Gasteiger partial charge in [-0.25, -0.2) is 13.1 Å². The average molecular weight is 351 g/mol. The quantitative estimate of drug-likeness (QED) is 0.681. The maximum Gasteiger partial charge on any atom is 0.241 e. The number of fused-ring (bicyclic) bond motifs is 1. The molecule has 0 bridgehead atoms. The van der Waals surface area contributed by atoms with Crippen molar-refractivity contribution in [3.8, 4) is 5.75 Å². The fourth-order valence-electron chi connectivity index (χ4n) is 2.46. The molecule has 0 aromatic heterocycles. The molecule has 24 heavy (non-hydrogen) atoms. The van der Waals surface area contributed by atoms with Crippen molar-refractivity contribution in [1.82, 2.24) is 4.72 Å². The third-order valence-corrected chi connectivity index (χ3v) is 5.50. The van der Waals surface area contributed by atoms with Gasteiger partial charge in [-0.1, -0.05) is 44.5 Å². The minimum Gasteiger partial charge on any atom is -0.493 e. The van der Waals surface area contributed by atoms with Crippen LogP contribution < -0.4 is 9.46 Å². The maximum atomic E-state index is 12.7. The highest BCUT2D eigenvalue weighted by Gasteiger charge is 2.22. The first-order chi connectivity index (χ1) is 11.5. The normalized spacial score (nSPS) is 13.1. The molecule has 2 N–H and O–H groups in total. The van der Waals surface area contributed by atoms with Crippen LogP contribution in [-0.2, 0) is 10.0 Å². The summed E-state index contributed by atoms with van der Waals surface area (Å²) in [5, 5.41) is 10.7. The van der Waals surface area contributed by atoms with Crippen LogP contribution in [0.5, 0.6) is 5.75 Å². The lowest BCUT2D eigenvalue weighted by molar-refractivity contribution is 0.254. The number of aliphatic hydroxyl groups excluding tert-OH is 1. The molecule has 2 aromatic rings. The summed E-state index contributed by atoms with van der Waals surface area (Å²) >= 11 is 0. The second-order valence-corrected chi connectivity index (χ2v) is 7.40. The van der Waals surface area contributed by atoms with Gasteiger partial charge in [-0.05, 0) is 25.0 Å². The van der Waals surface area contributed by atoms with Crippen LogP contribution in [0.25, 0.3) is 10.8 Å². The highest BCUT2D eigenvalue weighted by molar-refractivity contribution is 7.89. The summed E-state index contributed by atoms with van der Waals surface area (Å²) in [7, 11) is -3.72. The largest absolute Gasteiger partial charge is 0.493 e. The molecule has 0 spiro atoms. The van der Waals surface area contributed by atoms with Crippen LogP contribution in [0.4, 0.5) is 0 Å². The van der Waals surface area contributed by atoms with Crippen LogP contribution in [-0.4, -0.2) is 32.8 Å². The van der Waals surface area contributed by atoms with Crippen molar-refractivity contribution < 1.29 is 18.3 Å². The van der Waals surface area contributed by atoms with Crippen molar-refractivity contribution in [1.29, 1.82) is 0 Å². The molecule has 0 saturated heterocycles. The van der Waals surface area contributed by atoms with E-state index in [-0.39, 0.29) is 11.5 Å². The van der Waals surface area contributed by atoms with Gasteiger partial charge in [-0.15, -0.1) is 0 Å². The minimum atomic E-state index is -3.72. The zero-order valence-electron chi connectivity index (χ0n) is 14.2. The summed E-state index contributed by atoms with van der Waals surface area (Å²) in [6.45, 7) is 4.29. The molecule has 0 heterocycles. The Bertz CT molecular complexity index is 770. The molecule has 6 heteroatoms. The van der Waals surface area contributed by atoms with Crippen LogP contribution in [0.2, 0.25) is 0 Å². The van der Waals surface area contributed by atoms with Crippen LogP contribution in [0.3, 0.4) is 0 Å². The second kappa shape index (κ2) is 8.46. The number of ether oxygens (including phenoxy) is 1.